The molecule has 1 aromatic carbocycles. The van der Waals surface area contributed by atoms with Crippen molar-refractivity contribution >= 4 is 11.4 Å². The van der Waals surface area contributed by atoms with Crippen LogP contribution >= 0.6 is 0 Å². The second-order valence-corrected chi connectivity index (χ2v) is 3.56. The first-order valence-electron chi connectivity index (χ1n) is 4.40. The van der Waals surface area contributed by atoms with E-state index in [0.717, 1.165) is 11.3 Å². The van der Waals surface area contributed by atoms with Gasteiger partial charge in [-0.3, -0.25) is 0 Å². The third-order valence-electron chi connectivity index (χ3n) is 1.85. The number of nitrogens with zero attached hydrogens (tertiary/aromatic N) is 1. The Balaban J connectivity index is 2.89. The van der Waals surface area contributed by atoms with Crippen molar-refractivity contribution in [2.45, 2.75) is 6.92 Å². The molecular weight excluding hydrogens is 179 g/mol. The largest absolute Gasteiger partial charge is 0.399 e. The van der Waals surface area contributed by atoms with Gasteiger partial charge in [0.25, 0.3) is 0 Å². The molecule has 0 amide bonds. The molecule has 1 aromatic rings. The number of hydrogen-bond donors (Lipinski definition) is 1. The Morgan fingerprint density at radius 3 is 2.64 bits per heavy atom. The average molecular weight is 194 g/mol. The SMILES string of the molecule is C=C(C)CN(C)c1cc(N)cc(F)c1. The van der Waals surface area contributed by atoms with Crippen molar-refractivity contribution in [2.24, 2.45) is 0 Å². The Labute approximate surface area is 83.8 Å². The highest BCUT2D eigenvalue weighted by molar-refractivity contribution is 5.56. The van der Waals surface area contributed by atoms with Crippen molar-refractivity contribution < 1.29 is 4.39 Å². The molecular formula is C11H15FN2. The Bertz CT molecular complexity index is 327. The van der Waals surface area contributed by atoms with E-state index in [-0.39, 0.29) is 5.82 Å². The molecule has 1 rings (SSSR count). The van der Waals surface area contributed by atoms with Crippen LogP contribution in [0.1, 0.15) is 6.92 Å². The zero-order chi connectivity index (χ0) is 10.7. The Morgan fingerprint density at radius 2 is 2.14 bits per heavy atom. The summed E-state index contributed by atoms with van der Waals surface area (Å²) in [4.78, 5) is 1.90. The van der Waals surface area contributed by atoms with E-state index in [9.17, 15) is 4.39 Å². The highest BCUT2D eigenvalue weighted by Crippen LogP contribution is 2.19. The molecule has 3 heteroatoms. The van der Waals surface area contributed by atoms with Crippen LogP contribution < -0.4 is 10.6 Å². The fraction of sp³-hybridized carbons (Fsp3) is 0.273. The Hall–Kier alpha value is -1.51. The van der Waals surface area contributed by atoms with E-state index in [0.29, 0.717) is 12.2 Å². The maximum Gasteiger partial charge on any atom is 0.127 e. The van der Waals surface area contributed by atoms with Crippen molar-refractivity contribution in [3.05, 3.63) is 36.2 Å². The fourth-order valence-corrected chi connectivity index (χ4v) is 1.31. The van der Waals surface area contributed by atoms with E-state index in [4.69, 9.17) is 5.73 Å². The molecule has 76 valence electrons. The van der Waals surface area contributed by atoms with Gasteiger partial charge in [0.1, 0.15) is 5.82 Å². The van der Waals surface area contributed by atoms with Crippen molar-refractivity contribution in [3.63, 3.8) is 0 Å². The zero-order valence-corrected chi connectivity index (χ0v) is 8.55. The van der Waals surface area contributed by atoms with Gasteiger partial charge < -0.3 is 10.6 Å². The standard InChI is InChI=1S/C11H15FN2/c1-8(2)7-14(3)11-5-9(12)4-10(13)6-11/h4-6H,1,7,13H2,2-3H3. The topological polar surface area (TPSA) is 29.3 Å². The third-order valence-corrected chi connectivity index (χ3v) is 1.85. The highest BCUT2D eigenvalue weighted by Gasteiger charge is 2.03. The van der Waals surface area contributed by atoms with Gasteiger partial charge in [-0.05, 0) is 25.1 Å². The van der Waals surface area contributed by atoms with Crippen molar-refractivity contribution in [2.75, 3.05) is 24.2 Å². The molecule has 0 bridgehead atoms. The van der Waals surface area contributed by atoms with Crippen molar-refractivity contribution in [1.29, 1.82) is 0 Å². The number of rotatable bonds is 3. The summed E-state index contributed by atoms with van der Waals surface area (Å²) in [5.74, 6) is -0.312. The molecule has 0 aliphatic carbocycles. The molecule has 0 saturated heterocycles. The van der Waals surface area contributed by atoms with Crippen LogP contribution in [0.3, 0.4) is 0 Å². The molecule has 0 radical (unpaired) electrons. The summed E-state index contributed by atoms with van der Waals surface area (Å²) in [6.45, 7) is 6.43. The second kappa shape index (κ2) is 4.13. The van der Waals surface area contributed by atoms with Crippen LogP contribution in [0.25, 0.3) is 0 Å². The van der Waals surface area contributed by atoms with E-state index in [1.165, 1.54) is 12.1 Å². The normalized spacial score (nSPS) is 9.93. The molecule has 0 unspecified atom stereocenters. The van der Waals surface area contributed by atoms with Gasteiger partial charge in [-0.2, -0.15) is 0 Å². The van der Waals surface area contributed by atoms with E-state index in [1.807, 2.05) is 18.9 Å². The van der Waals surface area contributed by atoms with Gasteiger partial charge in [-0.15, -0.1) is 0 Å². The van der Waals surface area contributed by atoms with Crippen molar-refractivity contribution in [3.8, 4) is 0 Å². The molecule has 2 N–H and O–H groups in total. The van der Waals surface area contributed by atoms with Crippen LogP contribution in [-0.2, 0) is 0 Å². The first-order valence-corrected chi connectivity index (χ1v) is 4.40. The van der Waals surface area contributed by atoms with Crippen LogP contribution in [0.15, 0.2) is 30.4 Å². The second-order valence-electron chi connectivity index (χ2n) is 3.56. The minimum Gasteiger partial charge on any atom is -0.399 e. The van der Waals surface area contributed by atoms with E-state index < -0.39 is 0 Å². The number of halogens is 1. The van der Waals surface area contributed by atoms with Crippen LogP contribution in [-0.4, -0.2) is 13.6 Å². The molecule has 0 heterocycles. The van der Waals surface area contributed by atoms with Gasteiger partial charge in [-0.25, -0.2) is 4.39 Å². The Kier molecular flexibility index (Phi) is 3.12. The van der Waals surface area contributed by atoms with E-state index >= 15 is 0 Å². The predicted molar refractivity (Wildman–Crippen MR) is 58.9 cm³/mol. The summed E-state index contributed by atoms with van der Waals surface area (Å²) in [5, 5.41) is 0. The highest BCUT2D eigenvalue weighted by atomic mass is 19.1. The molecule has 0 fully saturated rings. The van der Waals surface area contributed by atoms with Gasteiger partial charge in [0.05, 0.1) is 0 Å². The lowest BCUT2D eigenvalue weighted by Crippen LogP contribution is -2.19. The predicted octanol–water partition coefficient (Wildman–Crippen LogP) is 2.42. The summed E-state index contributed by atoms with van der Waals surface area (Å²) < 4.78 is 13.0. The minimum atomic E-state index is -0.312. The van der Waals surface area contributed by atoms with Crippen LogP contribution in [0.4, 0.5) is 15.8 Å². The number of nitrogen functional groups attached to an aromatic ring is 1. The maximum atomic E-state index is 13.0. The number of hydrogen-bond acceptors (Lipinski definition) is 2. The maximum absolute atomic E-state index is 13.0. The van der Waals surface area contributed by atoms with Gasteiger partial charge in [0.2, 0.25) is 0 Å². The monoisotopic (exact) mass is 194 g/mol. The number of nitrogens with two attached hydrogens (primary N) is 1. The van der Waals surface area contributed by atoms with Crippen molar-refractivity contribution in [1.82, 2.24) is 0 Å². The lowest BCUT2D eigenvalue weighted by Gasteiger charge is -2.19. The summed E-state index contributed by atoms with van der Waals surface area (Å²) in [7, 11) is 1.88. The lowest BCUT2D eigenvalue weighted by molar-refractivity contribution is 0.628. The van der Waals surface area contributed by atoms with Crippen LogP contribution in [0.5, 0.6) is 0 Å². The molecule has 0 aromatic heterocycles. The number of anilines is 2. The number of benzene rings is 1. The quantitative estimate of drug-likeness (QED) is 0.591. The van der Waals surface area contributed by atoms with Gasteiger partial charge in [0, 0.05) is 25.0 Å². The summed E-state index contributed by atoms with van der Waals surface area (Å²) in [5.41, 5.74) is 7.77. The van der Waals surface area contributed by atoms with Crippen LogP contribution in [0, 0.1) is 5.82 Å². The zero-order valence-electron chi connectivity index (χ0n) is 8.55. The molecule has 2 nitrogen and oxygen atoms in total. The van der Waals surface area contributed by atoms with Gasteiger partial charge >= 0.3 is 0 Å². The summed E-state index contributed by atoms with van der Waals surface area (Å²) >= 11 is 0. The van der Waals surface area contributed by atoms with Crippen LogP contribution in [0.2, 0.25) is 0 Å². The average Bonchev–Trinajstić information content (AvgIpc) is 2.00. The summed E-state index contributed by atoms with van der Waals surface area (Å²) in [6, 6.07) is 4.50. The lowest BCUT2D eigenvalue weighted by atomic mass is 10.2. The number of likely N-dealkylation sites (N-methyl/N-ethyl adjacent to an activating group) is 1. The molecule has 0 aliphatic rings. The van der Waals surface area contributed by atoms with Gasteiger partial charge in [-0.1, -0.05) is 12.2 Å². The van der Waals surface area contributed by atoms with Gasteiger partial charge in [0.15, 0.2) is 0 Å². The first-order chi connectivity index (χ1) is 6.49. The molecule has 14 heavy (non-hydrogen) atoms. The molecule has 0 aliphatic heterocycles. The molecule has 0 saturated carbocycles. The Morgan fingerprint density at radius 1 is 1.50 bits per heavy atom. The van der Waals surface area contributed by atoms with E-state index in [2.05, 4.69) is 6.58 Å². The molecule has 0 atom stereocenters. The fourth-order valence-electron chi connectivity index (χ4n) is 1.31. The minimum absolute atomic E-state index is 0.312. The third kappa shape index (κ3) is 2.76. The smallest absolute Gasteiger partial charge is 0.127 e. The first kappa shape index (κ1) is 10.6. The van der Waals surface area contributed by atoms with E-state index in [1.54, 1.807) is 6.07 Å². The molecule has 0 spiro atoms. The summed E-state index contributed by atoms with van der Waals surface area (Å²) in [6.07, 6.45) is 0.